The minimum Gasteiger partial charge on any atom is -0.449 e. The summed E-state index contributed by atoms with van der Waals surface area (Å²) >= 11 is 0. The van der Waals surface area contributed by atoms with Gasteiger partial charge in [0.25, 0.3) is 11.8 Å². The predicted octanol–water partition coefficient (Wildman–Crippen LogP) is 1.43. The molecule has 0 heterocycles. The molecule has 2 amide bonds. The zero-order valence-corrected chi connectivity index (χ0v) is 15.0. The molecule has 0 radical (unpaired) electrons. The number of nitrogens with one attached hydrogen (secondary N) is 2. The first-order valence-electron chi connectivity index (χ1n) is 7.69. The SMILES string of the molecule is C[C@@H](OC(=O)c1ccccc1[S@@](C)=O)C(=O)NNC(=O)c1ccccc1. The van der Waals surface area contributed by atoms with Crippen LogP contribution < -0.4 is 10.9 Å². The lowest BCUT2D eigenvalue weighted by Crippen LogP contribution is -2.46. The average Bonchev–Trinajstić information content (AvgIpc) is 2.66. The van der Waals surface area contributed by atoms with Crippen molar-refractivity contribution in [3.05, 3.63) is 65.7 Å². The summed E-state index contributed by atoms with van der Waals surface area (Å²) in [6.07, 6.45) is 0.290. The van der Waals surface area contributed by atoms with Crippen molar-refractivity contribution in [2.75, 3.05) is 6.26 Å². The second-order valence-electron chi connectivity index (χ2n) is 5.31. The summed E-state index contributed by atoms with van der Waals surface area (Å²) in [6, 6.07) is 14.6. The Morgan fingerprint density at radius 1 is 0.962 bits per heavy atom. The van der Waals surface area contributed by atoms with Gasteiger partial charge in [-0.3, -0.25) is 24.6 Å². The molecule has 2 N–H and O–H groups in total. The molecule has 0 aliphatic heterocycles. The number of hydrogen-bond donors (Lipinski definition) is 2. The number of hydrazine groups is 1. The molecule has 2 aromatic rings. The molecule has 2 atom stereocenters. The fraction of sp³-hybridized carbons (Fsp3) is 0.167. The van der Waals surface area contributed by atoms with E-state index in [-0.39, 0.29) is 5.56 Å². The van der Waals surface area contributed by atoms with E-state index in [1.807, 2.05) is 0 Å². The van der Waals surface area contributed by atoms with Gasteiger partial charge in [-0.05, 0) is 31.2 Å². The van der Waals surface area contributed by atoms with Crippen LogP contribution in [0, 0.1) is 0 Å². The highest BCUT2D eigenvalue weighted by Crippen LogP contribution is 2.14. The Hall–Kier alpha value is -3.00. The van der Waals surface area contributed by atoms with Crippen molar-refractivity contribution >= 4 is 28.6 Å². The molecular formula is C18H18N2O5S. The van der Waals surface area contributed by atoms with Crippen molar-refractivity contribution in [1.82, 2.24) is 10.9 Å². The van der Waals surface area contributed by atoms with Gasteiger partial charge in [0.05, 0.1) is 21.3 Å². The van der Waals surface area contributed by atoms with Gasteiger partial charge >= 0.3 is 5.97 Å². The summed E-state index contributed by atoms with van der Waals surface area (Å²) in [5.74, 6) is -1.96. The van der Waals surface area contributed by atoms with Gasteiger partial charge in [-0.1, -0.05) is 30.3 Å². The van der Waals surface area contributed by atoms with E-state index in [1.54, 1.807) is 48.5 Å². The Morgan fingerprint density at radius 2 is 1.58 bits per heavy atom. The van der Waals surface area contributed by atoms with Crippen molar-refractivity contribution in [2.24, 2.45) is 0 Å². The third-order valence-corrected chi connectivity index (χ3v) is 4.38. The lowest BCUT2D eigenvalue weighted by molar-refractivity contribution is -0.129. The third-order valence-electron chi connectivity index (χ3n) is 3.40. The molecule has 0 aliphatic rings. The Bertz CT molecular complexity index is 838. The van der Waals surface area contributed by atoms with Crippen LogP contribution in [-0.4, -0.2) is 34.4 Å². The number of amides is 2. The maximum Gasteiger partial charge on any atom is 0.340 e. The molecule has 2 aromatic carbocycles. The van der Waals surface area contributed by atoms with Crippen molar-refractivity contribution in [3.63, 3.8) is 0 Å². The van der Waals surface area contributed by atoms with E-state index < -0.39 is 34.7 Å². The lowest BCUT2D eigenvalue weighted by atomic mass is 10.2. The van der Waals surface area contributed by atoms with E-state index in [0.29, 0.717) is 10.5 Å². The summed E-state index contributed by atoms with van der Waals surface area (Å²) < 4.78 is 16.8. The maximum absolute atomic E-state index is 12.2. The van der Waals surface area contributed by atoms with Gasteiger partial charge in [0.2, 0.25) is 0 Å². The minimum absolute atomic E-state index is 0.126. The topological polar surface area (TPSA) is 102 Å². The number of carbonyl (C=O) groups is 3. The number of rotatable bonds is 5. The zero-order valence-electron chi connectivity index (χ0n) is 14.2. The summed E-state index contributed by atoms with van der Waals surface area (Å²) in [5, 5.41) is 0. The number of esters is 1. The highest BCUT2D eigenvalue weighted by atomic mass is 32.2. The summed E-state index contributed by atoms with van der Waals surface area (Å²) in [5.41, 5.74) is 4.94. The minimum atomic E-state index is -1.38. The molecule has 0 aliphatic carbocycles. The second kappa shape index (κ2) is 8.91. The Balaban J connectivity index is 1.94. The van der Waals surface area contributed by atoms with E-state index in [1.165, 1.54) is 19.2 Å². The van der Waals surface area contributed by atoms with E-state index in [9.17, 15) is 18.6 Å². The highest BCUT2D eigenvalue weighted by Gasteiger charge is 2.22. The lowest BCUT2D eigenvalue weighted by Gasteiger charge is -2.15. The molecule has 0 saturated carbocycles. The quantitative estimate of drug-likeness (QED) is 0.609. The van der Waals surface area contributed by atoms with Crippen LogP contribution in [0.1, 0.15) is 27.6 Å². The Labute approximate surface area is 153 Å². The van der Waals surface area contributed by atoms with Gasteiger partial charge in [0.15, 0.2) is 6.10 Å². The molecule has 8 heteroatoms. The summed E-state index contributed by atoms with van der Waals surface area (Å²) in [7, 11) is -1.38. The first kappa shape index (κ1) is 19.3. The van der Waals surface area contributed by atoms with Crippen LogP contribution in [-0.2, 0) is 20.3 Å². The summed E-state index contributed by atoms with van der Waals surface area (Å²) in [4.78, 5) is 36.4. The molecule has 136 valence electrons. The van der Waals surface area contributed by atoms with Crippen LogP contribution in [0.3, 0.4) is 0 Å². The van der Waals surface area contributed by atoms with Gasteiger partial charge in [0, 0.05) is 11.8 Å². The number of hydrogen-bond acceptors (Lipinski definition) is 5. The van der Waals surface area contributed by atoms with Crippen LogP contribution in [0.4, 0.5) is 0 Å². The van der Waals surface area contributed by atoms with Crippen LogP contribution in [0.2, 0.25) is 0 Å². The van der Waals surface area contributed by atoms with Crippen molar-refractivity contribution < 1.29 is 23.3 Å². The fourth-order valence-electron chi connectivity index (χ4n) is 2.05. The van der Waals surface area contributed by atoms with E-state index >= 15 is 0 Å². The molecule has 0 aromatic heterocycles. The first-order chi connectivity index (χ1) is 12.4. The fourth-order valence-corrected chi connectivity index (χ4v) is 2.78. The van der Waals surface area contributed by atoms with E-state index in [2.05, 4.69) is 10.9 Å². The zero-order chi connectivity index (χ0) is 19.1. The standard InChI is InChI=1S/C18H18N2O5S/c1-12(16(21)19-20-17(22)13-8-4-3-5-9-13)25-18(23)14-10-6-7-11-15(14)26(2)24/h3-12H,1-2H3,(H,19,21)(H,20,22)/t12-,26-/m1/s1. The van der Waals surface area contributed by atoms with Gasteiger partial charge in [-0.15, -0.1) is 0 Å². The van der Waals surface area contributed by atoms with Crippen LogP contribution in [0.5, 0.6) is 0 Å². The van der Waals surface area contributed by atoms with E-state index in [0.717, 1.165) is 0 Å². The molecule has 0 fully saturated rings. The largest absolute Gasteiger partial charge is 0.449 e. The predicted molar refractivity (Wildman–Crippen MR) is 95.7 cm³/mol. The number of ether oxygens (including phenoxy) is 1. The normalized spacial score (nSPS) is 12.5. The number of carbonyl (C=O) groups excluding carboxylic acids is 3. The smallest absolute Gasteiger partial charge is 0.340 e. The molecule has 7 nitrogen and oxygen atoms in total. The molecule has 0 spiro atoms. The van der Waals surface area contributed by atoms with Crippen LogP contribution >= 0.6 is 0 Å². The third kappa shape index (κ3) is 5.00. The van der Waals surface area contributed by atoms with Gasteiger partial charge in [0.1, 0.15) is 0 Å². The average molecular weight is 374 g/mol. The van der Waals surface area contributed by atoms with Gasteiger partial charge in [-0.25, -0.2) is 4.79 Å². The van der Waals surface area contributed by atoms with Gasteiger partial charge < -0.3 is 4.74 Å². The molecule has 0 saturated heterocycles. The monoisotopic (exact) mass is 374 g/mol. The molecule has 26 heavy (non-hydrogen) atoms. The molecule has 0 bridgehead atoms. The van der Waals surface area contributed by atoms with E-state index in [4.69, 9.17) is 4.74 Å². The van der Waals surface area contributed by atoms with Crippen molar-refractivity contribution in [1.29, 1.82) is 0 Å². The summed E-state index contributed by atoms with van der Waals surface area (Å²) in [6.45, 7) is 1.37. The molecule has 2 rings (SSSR count). The highest BCUT2D eigenvalue weighted by molar-refractivity contribution is 7.84. The van der Waals surface area contributed by atoms with Crippen molar-refractivity contribution in [2.45, 2.75) is 17.9 Å². The van der Waals surface area contributed by atoms with Crippen LogP contribution in [0.15, 0.2) is 59.5 Å². The molecule has 0 unspecified atom stereocenters. The second-order valence-corrected chi connectivity index (χ2v) is 6.66. The van der Waals surface area contributed by atoms with Crippen LogP contribution in [0.25, 0.3) is 0 Å². The maximum atomic E-state index is 12.2. The Morgan fingerprint density at radius 3 is 2.23 bits per heavy atom. The Kier molecular flexibility index (Phi) is 6.62. The molecular weight excluding hydrogens is 356 g/mol. The first-order valence-corrected chi connectivity index (χ1v) is 9.24. The van der Waals surface area contributed by atoms with Gasteiger partial charge in [-0.2, -0.15) is 0 Å². The number of benzene rings is 2. The van der Waals surface area contributed by atoms with Crippen molar-refractivity contribution in [3.8, 4) is 0 Å².